The van der Waals surface area contributed by atoms with E-state index in [0.29, 0.717) is 16.1 Å². The highest BCUT2D eigenvalue weighted by molar-refractivity contribution is 6.34. The molecule has 0 saturated carbocycles. The number of hydrogen-bond donors (Lipinski definition) is 0. The Bertz CT molecular complexity index is 666. The third kappa shape index (κ3) is 3.31. The summed E-state index contributed by atoms with van der Waals surface area (Å²) in [6, 6.07) is 16.0. The van der Waals surface area contributed by atoms with Crippen LogP contribution in [0.1, 0.15) is 21.5 Å². The fraction of sp³-hybridized carbons (Fsp3) is 0. The highest BCUT2D eigenvalue weighted by atomic mass is 35.5. The van der Waals surface area contributed by atoms with E-state index in [0.717, 1.165) is 5.56 Å². The van der Waals surface area contributed by atoms with E-state index in [-0.39, 0.29) is 5.78 Å². The zero-order valence-electron chi connectivity index (χ0n) is 10.0. The number of carbonyl (C=O) groups is 1. The minimum Gasteiger partial charge on any atom is -0.289 e. The molecule has 0 N–H and O–H groups in total. The van der Waals surface area contributed by atoms with E-state index in [2.05, 4.69) is 0 Å². The second kappa shape index (κ2) is 5.99. The zero-order chi connectivity index (χ0) is 13.7. The molecule has 0 heterocycles. The molecule has 0 bridgehead atoms. The molecule has 0 aliphatic heterocycles. The van der Waals surface area contributed by atoms with Crippen molar-refractivity contribution in [2.24, 2.45) is 0 Å². The van der Waals surface area contributed by atoms with Gasteiger partial charge in [-0.3, -0.25) is 4.79 Å². The number of allylic oxidation sites excluding steroid dienone is 1. The van der Waals surface area contributed by atoms with Gasteiger partial charge in [-0.25, -0.2) is 0 Å². The summed E-state index contributed by atoms with van der Waals surface area (Å²) in [5.74, 6) is -0.144. The summed E-state index contributed by atoms with van der Waals surface area (Å²) >= 11 is 5.95. The third-order valence-electron chi connectivity index (χ3n) is 2.61. The molecule has 0 atom stereocenters. The lowest BCUT2D eigenvalue weighted by Crippen LogP contribution is -1.94. The second-order valence-electron chi connectivity index (χ2n) is 3.91. The van der Waals surface area contributed by atoms with Crippen LogP contribution >= 0.6 is 11.6 Å². The van der Waals surface area contributed by atoms with Gasteiger partial charge in [0.15, 0.2) is 5.78 Å². The largest absolute Gasteiger partial charge is 0.289 e. The van der Waals surface area contributed by atoms with Crippen molar-refractivity contribution in [3.63, 3.8) is 0 Å². The van der Waals surface area contributed by atoms with Gasteiger partial charge in [-0.2, -0.15) is 5.26 Å². The van der Waals surface area contributed by atoms with Crippen LogP contribution in [0, 0.1) is 11.3 Å². The van der Waals surface area contributed by atoms with Crippen LogP contribution in [0.5, 0.6) is 0 Å². The number of carbonyl (C=O) groups excluding carboxylic acids is 1. The quantitative estimate of drug-likeness (QED) is 0.620. The minimum absolute atomic E-state index is 0.144. The number of nitrogens with zero attached hydrogens (tertiary/aromatic N) is 1. The molecule has 3 heteroatoms. The van der Waals surface area contributed by atoms with Crippen LogP contribution in [-0.4, -0.2) is 5.78 Å². The van der Waals surface area contributed by atoms with E-state index in [1.807, 2.05) is 6.07 Å². The molecule has 2 aromatic rings. The van der Waals surface area contributed by atoms with Crippen molar-refractivity contribution in [1.82, 2.24) is 0 Å². The molecule has 0 amide bonds. The number of benzene rings is 2. The van der Waals surface area contributed by atoms with Gasteiger partial charge in [0.05, 0.1) is 16.7 Å². The Labute approximate surface area is 116 Å². The van der Waals surface area contributed by atoms with Crippen LogP contribution in [0.15, 0.2) is 54.6 Å². The standard InChI is InChI=1S/C16H10ClNO/c17-15-4-2-1-3-14(15)16(19)10-9-12-5-7-13(11-18)8-6-12/h1-10H/b10-9+. The van der Waals surface area contributed by atoms with E-state index in [1.54, 1.807) is 54.6 Å². The van der Waals surface area contributed by atoms with Crippen molar-refractivity contribution in [2.75, 3.05) is 0 Å². The topological polar surface area (TPSA) is 40.9 Å². The fourth-order valence-corrected chi connectivity index (χ4v) is 1.82. The molecule has 2 aromatic carbocycles. The van der Waals surface area contributed by atoms with E-state index < -0.39 is 0 Å². The van der Waals surface area contributed by atoms with Crippen LogP contribution in [0.25, 0.3) is 6.08 Å². The average Bonchev–Trinajstić information content (AvgIpc) is 2.46. The van der Waals surface area contributed by atoms with Gasteiger partial charge in [0.2, 0.25) is 0 Å². The Balaban J connectivity index is 2.16. The summed E-state index contributed by atoms with van der Waals surface area (Å²) in [4.78, 5) is 11.9. The maximum Gasteiger partial charge on any atom is 0.187 e. The van der Waals surface area contributed by atoms with Crippen LogP contribution in [0.4, 0.5) is 0 Å². The summed E-state index contributed by atoms with van der Waals surface area (Å²) in [6.45, 7) is 0. The first-order valence-corrected chi connectivity index (χ1v) is 6.05. The minimum atomic E-state index is -0.144. The predicted molar refractivity (Wildman–Crippen MR) is 76.0 cm³/mol. The molecule has 0 aliphatic carbocycles. The molecule has 0 spiro atoms. The smallest absolute Gasteiger partial charge is 0.187 e. The summed E-state index contributed by atoms with van der Waals surface area (Å²) in [6.07, 6.45) is 3.18. The maximum absolute atomic E-state index is 11.9. The molecular formula is C16H10ClNO. The molecule has 0 aromatic heterocycles. The monoisotopic (exact) mass is 267 g/mol. The summed E-state index contributed by atoms with van der Waals surface area (Å²) in [5, 5.41) is 9.13. The SMILES string of the molecule is N#Cc1ccc(/C=C/C(=O)c2ccccc2Cl)cc1. The summed E-state index contributed by atoms with van der Waals surface area (Å²) < 4.78 is 0. The van der Waals surface area contributed by atoms with Gasteiger partial charge in [-0.1, -0.05) is 41.9 Å². The van der Waals surface area contributed by atoms with Crippen LogP contribution in [0.2, 0.25) is 5.02 Å². The van der Waals surface area contributed by atoms with Crippen molar-refractivity contribution in [2.45, 2.75) is 0 Å². The summed E-state index contributed by atoms with van der Waals surface area (Å²) in [5.41, 5.74) is 1.93. The molecule has 0 aliphatic rings. The van der Waals surface area contributed by atoms with Crippen LogP contribution in [0.3, 0.4) is 0 Å². The first-order chi connectivity index (χ1) is 9.20. The van der Waals surface area contributed by atoms with Crippen molar-refractivity contribution in [3.8, 4) is 6.07 Å². The molecule has 2 rings (SSSR count). The van der Waals surface area contributed by atoms with Gasteiger partial charge in [0.1, 0.15) is 0 Å². The Morgan fingerprint density at radius 3 is 2.42 bits per heavy atom. The van der Waals surface area contributed by atoms with Crippen molar-refractivity contribution < 1.29 is 4.79 Å². The maximum atomic E-state index is 11.9. The lowest BCUT2D eigenvalue weighted by molar-refractivity contribution is 0.104. The van der Waals surface area contributed by atoms with Crippen molar-refractivity contribution >= 4 is 23.5 Å². The Morgan fingerprint density at radius 2 is 1.79 bits per heavy atom. The van der Waals surface area contributed by atoms with Gasteiger partial charge in [0, 0.05) is 5.56 Å². The van der Waals surface area contributed by atoms with Crippen molar-refractivity contribution in [1.29, 1.82) is 5.26 Å². The molecular weight excluding hydrogens is 258 g/mol. The number of halogens is 1. The van der Waals surface area contributed by atoms with Crippen molar-refractivity contribution in [3.05, 3.63) is 76.3 Å². The molecule has 0 fully saturated rings. The normalized spacial score (nSPS) is 10.3. The van der Waals surface area contributed by atoms with Crippen LogP contribution < -0.4 is 0 Å². The second-order valence-corrected chi connectivity index (χ2v) is 4.32. The number of ketones is 1. The van der Waals surface area contributed by atoms with Gasteiger partial charge in [0.25, 0.3) is 0 Å². The first-order valence-electron chi connectivity index (χ1n) is 5.68. The van der Waals surface area contributed by atoms with E-state index in [1.165, 1.54) is 6.08 Å². The van der Waals surface area contributed by atoms with E-state index in [4.69, 9.17) is 16.9 Å². The fourth-order valence-electron chi connectivity index (χ4n) is 1.59. The highest BCUT2D eigenvalue weighted by Gasteiger charge is 2.05. The Hall–Kier alpha value is -2.37. The lowest BCUT2D eigenvalue weighted by atomic mass is 10.1. The lowest BCUT2D eigenvalue weighted by Gasteiger charge is -1.98. The summed E-state index contributed by atoms with van der Waals surface area (Å²) in [7, 11) is 0. The third-order valence-corrected chi connectivity index (χ3v) is 2.94. The Morgan fingerprint density at radius 1 is 1.11 bits per heavy atom. The molecule has 19 heavy (non-hydrogen) atoms. The van der Waals surface area contributed by atoms with Gasteiger partial charge >= 0.3 is 0 Å². The predicted octanol–water partition coefficient (Wildman–Crippen LogP) is 4.11. The molecule has 92 valence electrons. The van der Waals surface area contributed by atoms with Gasteiger partial charge in [-0.05, 0) is 35.9 Å². The molecule has 0 radical (unpaired) electrons. The first kappa shape index (κ1) is 13.1. The number of nitriles is 1. The average molecular weight is 268 g/mol. The van der Waals surface area contributed by atoms with E-state index in [9.17, 15) is 4.79 Å². The zero-order valence-corrected chi connectivity index (χ0v) is 10.8. The highest BCUT2D eigenvalue weighted by Crippen LogP contribution is 2.16. The molecule has 0 unspecified atom stereocenters. The molecule has 0 saturated heterocycles. The Kier molecular flexibility index (Phi) is 4.12. The number of rotatable bonds is 3. The van der Waals surface area contributed by atoms with Gasteiger partial charge in [-0.15, -0.1) is 0 Å². The number of hydrogen-bond acceptors (Lipinski definition) is 2. The van der Waals surface area contributed by atoms with E-state index >= 15 is 0 Å². The van der Waals surface area contributed by atoms with Gasteiger partial charge < -0.3 is 0 Å². The van der Waals surface area contributed by atoms with Crippen LogP contribution in [-0.2, 0) is 0 Å². The molecule has 2 nitrogen and oxygen atoms in total.